The Hall–Kier alpha value is -1.18. The van der Waals surface area contributed by atoms with Gasteiger partial charge in [-0.3, -0.25) is 4.72 Å². The van der Waals surface area contributed by atoms with Gasteiger partial charge in [0.05, 0.1) is 5.75 Å². The van der Waals surface area contributed by atoms with Gasteiger partial charge in [0.15, 0.2) is 0 Å². The van der Waals surface area contributed by atoms with Crippen LogP contribution in [-0.2, 0) is 14.8 Å². The number of methoxy groups -OCH3 is 1. The number of ether oxygens (including phenoxy) is 1. The summed E-state index contributed by atoms with van der Waals surface area (Å²) in [5.74, 6) is 0.0257. The molecule has 0 spiro atoms. The molecule has 1 aromatic rings. The van der Waals surface area contributed by atoms with Gasteiger partial charge in [-0.05, 0) is 30.7 Å². The van der Waals surface area contributed by atoms with Crippen LogP contribution in [0.2, 0.25) is 0 Å². The molecule has 1 aromatic carbocycles. The summed E-state index contributed by atoms with van der Waals surface area (Å²) in [6, 6.07) is 6.61. The van der Waals surface area contributed by atoms with Crippen LogP contribution >= 0.6 is 12.2 Å². The first-order chi connectivity index (χ1) is 8.44. The smallest absolute Gasteiger partial charge is 0.232 e. The third-order valence-electron chi connectivity index (χ3n) is 2.20. The summed E-state index contributed by atoms with van der Waals surface area (Å²) in [5.41, 5.74) is 6.65. The van der Waals surface area contributed by atoms with Crippen molar-refractivity contribution in [2.75, 3.05) is 24.2 Å². The van der Waals surface area contributed by atoms with E-state index in [9.17, 15) is 8.42 Å². The third kappa shape index (κ3) is 4.99. The van der Waals surface area contributed by atoms with Crippen LogP contribution in [0.1, 0.15) is 12.0 Å². The van der Waals surface area contributed by atoms with Gasteiger partial charge in [0.2, 0.25) is 10.0 Å². The van der Waals surface area contributed by atoms with Gasteiger partial charge in [-0.2, -0.15) is 0 Å². The minimum Gasteiger partial charge on any atom is -0.389 e. The van der Waals surface area contributed by atoms with Crippen molar-refractivity contribution in [3.05, 3.63) is 29.8 Å². The Morgan fingerprint density at radius 3 is 2.50 bits per heavy atom. The van der Waals surface area contributed by atoms with Gasteiger partial charge in [-0.1, -0.05) is 12.2 Å². The van der Waals surface area contributed by atoms with E-state index in [0.717, 1.165) is 0 Å². The molecule has 0 aliphatic heterocycles. The van der Waals surface area contributed by atoms with E-state index in [1.807, 2.05) is 0 Å². The molecule has 0 bridgehead atoms. The molecule has 7 heteroatoms. The van der Waals surface area contributed by atoms with E-state index in [2.05, 4.69) is 4.72 Å². The quantitative estimate of drug-likeness (QED) is 0.580. The zero-order chi connectivity index (χ0) is 13.6. The predicted molar refractivity (Wildman–Crippen MR) is 76.2 cm³/mol. The molecular formula is C11H16N2O3S2. The second-order valence-electron chi connectivity index (χ2n) is 3.71. The molecule has 0 saturated heterocycles. The maximum atomic E-state index is 11.7. The lowest BCUT2D eigenvalue weighted by Gasteiger charge is -2.08. The highest BCUT2D eigenvalue weighted by atomic mass is 32.2. The Morgan fingerprint density at radius 2 is 2.00 bits per heavy atom. The van der Waals surface area contributed by atoms with Crippen molar-refractivity contribution in [1.29, 1.82) is 0 Å². The highest BCUT2D eigenvalue weighted by molar-refractivity contribution is 7.92. The number of thiocarbonyl (C=S) groups is 1. The molecular weight excluding hydrogens is 272 g/mol. The van der Waals surface area contributed by atoms with Crippen LogP contribution in [0.3, 0.4) is 0 Å². The minimum absolute atomic E-state index is 0.0257. The number of hydrogen-bond acceptors (Lipinski definition) is 4. The van der Waals surface area contributed by atoms with Crippen molar-refractivity contribution < 1.29 is 13.2 Å². The van der Waals surface area contributed by atoms with Gasteiger partial charge in [-0.25, -0.2) is 8.42 Å². The number of nitrogens with two attached hydrogens (primary N) is 1. The third-order valence-corrected chi connectivity index (χ3v) is 3.81. The monoisotopic (exact) mass is 288 g/mol. The summed E-state index contributed by atoms with van der Waals surface area (Å²) < 4.78 is 30.6. The fourth-order valence-electron chi connectivity index (χ4n) is 1.33. The van der Waals surface area contributed by atoms with E-state index < -0.39 is 10.0 Å². The maximum Gasteiger partial charge on any atom is 0.232 e. The molecule has 0 aromatic heterocycles. The number of nitrogens with one attached hydrogen (secondary N) is 1. The number of rotatable bonds is 7. The standard InChI is InChI=1S/C11H16N2O3S2/c1-16-7-2-8-18(14,15)13-10-5-3-9(4-6-10)11(12)17/h3-6,13H,2,7-8H2,1H3,(H2,12,17). The molecule has 5 nitrogen and oxygen atoms in total. The van der Waals surface area contributed by atoms with Crippen LogP contribution < -0.4 is 10.5 Å². The van der Waals surface area contributed by atoms with Gasteiger partial charge in [0.25, 0.3) is 0 Å². The highest BCUT2D eigenvalue weighted by Gasteiger charge is 2.09. The Balaban J connectivity index is 2.63. The van der Waals surface area contributed by atoms with Crippen LogP contribution in [0.4, 0.5) is 5.69 Å². The first kappa shape index (κ1) is 14.9. The van der Waals surface area contributed by atoms with Gasteiger partial charge in [-0.15, -0.1) is 0 Å². The molecule has 0 aliphatic carbocycles. The Kier molecular flexibility index (Phi) is 5.52. The molecule has 0 amide bonds. The second-order valence-corrected chi connectivity index (χ2v) is 5.99. The van der Waals surface area contributed by atoms with Crippen molar-refractivity contribution in [2.45, 2.75) is 6.42 Å². The lowest BCUT2D eigenvalue weighted by Crippen LogP contribution is -2.18. The van der Waals surface area contributed by atoms with E-state index in [4.69, 9.17) is 22.7 Å². The summed E-state index contributed by atoms with van der Waals surface area (Å²) in [4.78, 5) is 0.282. The number of hydrogen-bond donors (Lipinski definition) is 2. The summed E-state index contributed by atoms with van der Waals surface area (Å²) in [5, 5.41) is 0. The fourth-order valence-corrected chi connectivity index (χ4v) is 2.56. The Labute approximate surface area is 112 Å². The summed E-state index contributed by atoms with van der Waals surface area (Å²) in [7, 11) is -1.80. The summed E-state index contributed by atoms with van der Waals surface area (Å²) in [6.45, 7) is 0.418. The fraction of sp³-hybridized carbons (Fsp3) is 0.364. The van der Waals surface area contributed by atoms with Gasteiger partial charge < -0.3 is 10.5 Å². The molecule has 0 heterocycles. The van der Waals surface area contributed by atoms with Crippen molar-refractivity contribution in [2.24, 2.45) is 5.73 Å². The van der Waals surface area contributed by atoms with Crippen LogP contribution in [0.25, 0.3) is 0 Å². The largest absolute Gasteiger partial charge is 0.389 e. The van der Waals surface area contributed by atoms with Crippen LogP contribution in [0, 0.1) is 0 Å². The molecule has 0 saturated carbocycles. The zero-order valence-corrected chi connectivity index (χ0v) is 11.7. The number of benzene rings is 1. The van der Waals surface area contributed by atoms with Crippen LogP contribution in [0.5, 0.6) is 0 Å². The SMILES string of the molecule is COCCCS(=O)(=O)Nc1ccc(C(N)=S)cc1. The number of sulfonamides is 1. The van der Waals surface area contributed by atoms with E-state index in [1.54, 1.807) is 24.3 Å². The molecule has 0 atom stereocenters. The lowest BCUT2D eigenvalue weighted by molar-refractivity contribution is 0.199. The normalized spacial score (nSPS) is 11.2. The average molecular weight is 288 g/mol. The summed E-state index contributed by atoms with van der Waals surface area (Å²) >= 11 is 4.81. The van der Waals surface area contributed by atoms with E-state index >= 15 is 0 Å². The van der Waals surface area contributed by atoms with Crippen molar-refractivity contribution in [3.8, 4) is 0 Å². The molecule has 1 rings (SSSR count). The first-order valence-electron chi connectivity index (χ1n) is 5.34. The van der Waals surface area contributed by atoms with Crippen molar-refractivity contribution >= 4 is 32.9 Å². The maximum absolute atomic E-state index is 11.7. The summed E-state index contributed by atoms with van der Waals surface area (Å²) in [6.07, 6.45) is 0.455. The second kappa shape index (κ2) is 6.67. The topological polar surface area (TPSA) is 81.4 Å². The average Bonchev–Trinajstić information content (AvgIpc) is 2.29. The van der Waals surface area contributed by atoms with Crippen LogP contribution in [0.15, 0.2) is 24.3 Å². The van der Waals surface area contributed by atoms with Crippen molar-refractivity contribution in [1.82, 2.24) is 0 Å². The predicted octanol–water partition coefficient (Wildman–Crippen LogP) is 1.10. The van der Waals surface area contributed by atoms with Gasteiger partial charge >= 0.3 is 0 Å². The number of anilines is 1. The Bertz CT molecular complexity index is 498. The molecule has 0 unspecified atom stereocenters. The first-order valence-corrected chi connectivity index (χ1v) is 7.40. The zero-order valence-electron chi connectivity index (χ0n) is 10.0. The van der Waals surface area contributed by atoms with E-state index in [0.29, 0.717) is 24.3 Å². The van der Waals surface area contributed by atoms with Gasteiger partial charge in [0.1, 0.15) is 4.99 Å². The van der Waals surface area contributed by atoms with Crippen molar-refractivity contribution in [3.63, 3.8) is 0 Å². The highest BCUT2D eigenvalue weighted by Crippen LogP contribution is 2.11. The lowest BCUT2D eigenvalue weighted by atomic mass is 10.2. The Morgan fingerprint density at radius 1 is 1.39 bits per heavy atom. The minimum atomic E-state index is -3.33. The molecule has 0 aliphatic rings. The van der Waals surface area contributed by atoms with Crippen LogP contribution in [-0.4, -0.2) is 32.9 Å². The molecule has 3 N–H and O–H groups in total. The molecule has 18 heavy (non-hydrogen) atoms. The molecule has 0 fully saturated rings. The van der Waals surface area contributed by atoms with E-state index in [-0.39, 0.29) is 10.7 Å². The molecule has 100 valence electrons. The molecule has 0 radical (unpaired) electrons. The van der Waals surface area contributed by atoms with Gasteiger partial charge in [0, 0.05) is 25.0 Å². The van der Waals surface area contributed by atoms with E-state index in [1.165, 1.54) is 7.11 Å².